The average Bonchev–Trinajstić information content (AvgIpc) is 3.05. The van der Waals surface area contributed by atoms with Crippen LogP contribution in [-0.2, 0) is 4.79 Å². The first kappa shape index (κ1) is 16.6. The van der Waals surface area contributed by atoms with Crippen LogP contribution in [0.4, 0.5) is 5.69 Å². The van der Waals surface area contributed by atoms with E-state index in [-0.39, 0.29) is 17.6 Å². The number of rotatable bonds is 3. The van der Waals surface area contributed by atoms with Crippen molar-refractivity contribution in [1.29, 1.82) is 0 Å². The van der Waals surface area contributed by atoms with Crippen molar-refractivity contribution in [2.45, 2.75) is 39.0 Å². The third-order valence-electron chi connectivity index (χ3n) is 4.97. The van der Waals surface area contributed by atoms with Crippen molar-refractivity contribution < 1.29 is 9.90 Å². The highest BCUT2D eigenvalue weighted by molar-refractivity contribution is 5.93. The number of hydrogen-bond donors (Lipinski definition) is 2. The number of anilines is 1. The first-order chi connectivity index (χ1) is 12.6. The summed E-state index contributed by atoms with van der Waals surface area (Å²) < 4.78 is 0. The molecule has 134 valence electrons. The summed E-state index contributed by atoms with van der Waals surface area (Å²) in [6.45, 7) is 2.00. The second-order valence-electron chi connectivity index (χ2n) is 7.01. The van der Waals surface area contributed by atoms with E-state index in [0.29, 0.717) is 11.4 Å². The Balaban J connectivity index is 1.55. The van der Waals surface area contributed by atoms with Crippen LogP contribution in [0.5, 0.6) is 5.75 Å². The Bertz CT molecular complexity index is 958. The molecule has 1 saturated carbocycles. The minimum Gasteiger partial charge on any atom is -0.506 e. The number of fused-ring (bicyclic) bond motifs is 1. The lowest BCUT2D eigenvalue weighted by Gasteiger charge is -2.20. The molecule has 2 aromatic carbocycles. The Hall–Kier alpha value is -2.89. The molecular formula is C20H22N4O2. The van der Waals surface area contributed by atoms with Crippen molar-refractivity contribution in [1.82, 2.24) is 15.0 Å². The van der Waals surface area contributed by atoms with Gasteiger partial charge in [0.15, 0.2) is 0 Å². The van der Waals surface area contributed by atoms with E-state index < -0.39 is 0 Å². The number of nitrogens with one attached hydrogen (secondary N) is 1. The summed E-state index contributed by atoms with van der Waals surface area (Å²) in [6.07, 6.45) is 5.32. The molecule has 3 aromatic rings. The van der Waals surface area contributed by atoms with E-state index in [1.807, 2.05) is 25.1 Å². The highest BCUT2D eigenvalue weighted by Gasteiger charge is 2.21. The number of carbonyl (C=O) groups excluding carboxylic acids is 1. The molecule has 0 bridgehead atoms. The molecule has 0 radical (unpaired) electrons. The minimum absolute atomic E-state index is 0.0310. The standard InChI is InChI=1S/C20H22N4O2/c1-13-7-9-16-17(11-13)23-24(22-16)18-10-8-15(12-19(18)25)21-20(26)14-5-3-2-4-6-14/h7-12,14,25H,2-6H2,1H3,(H,21,26). The van der Waals surface area contributed by atoms with Crippen LogP contribution in [0.1, 0.15) is 37.7 Å². The number of amides is 1. The molecule has 2 N–H and O–H groups in total. The van der Waals surface area contributed by atoms with Gasteiger partial charge in [-0.2, -0.15) is 0 Å². The van der Waals surface area contributed by atoms with Crippen LogP contribution < -0.4 is 5.32 Å². The van der Waals surface area contributed by atoms with Gasteiger partial charge in [-0.25, -0.2) is 0 Å². The number of hydrogen-bond acceptors (Lipinski definition) is 4. The van der Waals surface area contributed by atoms with E-state index in [1.54, 1.807) is 18.2 Å². The van der Waals surface area contributed by atoms with Crippen LogP contribution in [0, 0.1) is 12.8 Å². The van der Waals surface area contributed by atoms with Crippen LogP contribution in [0.15, 0.2) is 36.4 Å². The molecule has 0 spiro atoms. The predicted octanol–water partition coefficient (Wildman–Crippen LogP) is 3.95. The molecule has 4 rings (SSSR count). The van der Waals surface area contributed by atoms with Gasteiger partial charge in [-0.05, 0) is 49.6 Å². The maximum atomic E-state index is 12.4. The van der Waals surface area contributed by atoms with E-state index in [0.717, 1.165) is 42.3 Å². The maximum Gasteiger partial charge on any atom is 0.227 e. The first-order valence-electron chi connectivity index (χ1n) is 9.08. The lowest BCUT2D eigenvalue weighted by atomic mass is 9.88. The molecule has 6 nitrogen and oxygen atoms in total. The zero-order valence-electron chi connectivity index (χ0n) is 14.8. The van der Waals surface area contributed by atoms with E-state index >= 15 is 0 Å². The molecule has 0 unspecified atom stereocenters. The predicted molar refractivity (Wildman–Crippen MR) is 100 cm³/mol. The molecule has 1 aliphatic rings. The van der Waals surface area contributed by atoms with E-state index in [2.05, 4.69) is 15.5 Å². The summed E-state index contributed by atoms with van der Waals surface area (Å²) in [5.74, 6) is 0.144. The summed E-state index contributed by atoms with van der Waals surface area (Å²) in [5.41, 5.74) is 3.72. The molecule has 0 aliphatic heterocycles. The zero-order valence-corrected chi connectivity index (χ0v) is 14.8. The molecular weight excluding hydrogens is 328 g/mol. The number of aromatic nitrogens is 3. The molecule has 0 atom stereocenters. The third kappa shape index (κ3) is 3.27. The summed E-state index contributed by atoms with van der Waals surface area (Å²) in [4.78, 5) is 13.8. The van der Waals surface area contributed by atoms with Crippen molar-refractivity contribution in [3.63, 3.8) is 0 Å². The number of benzene rings is 2. The molecule has 0 saturated heterocycles. The van der Waals surface area contributed by atoms with Crippen LogP contribution in [0.2, 0.25) is 0 Å². The van der Waals surface area contributed by atoms with E-state index in [1.165, 1.54) is 11.2 Å². The molecule has 1 heterocycles. The SMILES string of the molecule is Cc1ccc2nn(-c3ccc(NC(=O)C4CCCCC4)cc3O)nc2c1. The van der Waals surface area contributed by atoms with Gasteiger partial charge in [0, 0.05) is 17.7 Å². The number of aryl methyl sites for hydroxylation is 1. The minimum atomic E-state index is 0.0310. The number of phenols is 1. The number of phenolic OH excluding ortho intramolecular Hbond substituents is 1. The van der Waals surface area contributed by atoms with Gasteiger partial charge in [-0.1, -0.05) is 25.3 Å². The Morgan fingerprint density at radius 3 is 2.62 bits per heavy atom. The summed E-state index contributed by atoms with van der Waals surface area (Å²) in [6, 6.07) is 10.9. The van der Waals surface area contributed by atoms with Crippen LogP contribution in [0.3, 0.4) is 0 Å². The fourth-order valence-corrected chi connectivity index (χ4v) is 3.51. The van der Waals surface area contributed by atoms with Crippen LogP contribution >= 0.6 is 0 Å². The van der Waals surface area contributed by atoms with Gasteiger partial charge in [0.25, 0.3) is 0 Å². The molecule has 26 heavy (non-hydrogen) atoms. The topological polar surface area (TPSA) is 80.0 Å². The number of aromatic hydroxyl groups is 1. The fraction of sp³-hybridized carbons (Fsp3) is 0.350. The van der Waals surface area contributed by atoms with Crippen molar-refractivity contribution in [2.24, 2.45) is 5.92 Å². The van der Waals surface area contributed by atoms with Crippen molar-refractivity contribution in [2.75, 3.05) is 5.32 Å². The molecule has 1 aromatic heterocycles. The van der Waals surface area contributed by atoms with Crippen molar-refractivity contribution in [3.05, 3.63) is 42.0 Å². The van der Waals surface area contributed by atoms with Gasteiger partial charge in [0.1, 0.15) is 22.5 Å². The van der Waals surface area contributed by atoms with Crippen molar-refractivity contribution in [3.8, 4) is 11.4 Å². The molecule has 1 amide bonds. The van der Waals surface area contributed by atoms with Crippen LogP contribution in [0.25, 0.3) is 16.7 Å². The molecule has 1 aliphatic carbocycles. The second-order valence-corrected chi connectivity index (χ2v) is 7.01. The van der Waals surface area contributed by atoms with Gasteiger partial charge in [0.2, 0.25) is 5.91 Å². The summed E-state index contributed by atoms with van der Waals surface area (Å²) >= 11 is 0. The Morgan fingerprint density at radius 2 is 1.85 bits per heavy atom. The van der Waals surface area contributed by atoms with Gasteiger partial charge in [-0.3, -0.25) is 4.79 Å². The number of carbonyl (C=O) groups is 1. The molecule has 6 heteroatoms. The largest absolute Gasteiger partial charge is 0.506 e. The second kappa shape index (κ2) is 6.78. The van der Waals surface area contributed by atoms with Crippen molar-refractivity contribution >= 4 is 22.6 Å². The average molecular weight is 350 g/mol. The highest BCUT2D eigenvalue weighted by atomic mass is 16.3. The number of nitrogens with zero attached hydrogens (tertiary/aromatic N) is 3. The van der Waals surface area contributed by atoms with E-state index in [4.69, 9.17) is 0 Å². The fourth-order valence-electron chi connectivity index (χ4n) is 3.51. The first-order valence-corrected chi connectivity index (χ1v) is 9.08. The lowest BCUT2D eigenvalue weighted by molar-refractivity contribution is -0.120. The quantitative estimate of drug-likeness (QED) is 0.749. The van der Waals surface area contributed by atoms with Gasteiger partial charge in [0.05, 0.1) is 0 Å². The van der Waals surface area contributed by atoms with Crippen LogP contribution in [-0.4, -0.2) is 26.0 Å². The third-order valence-corrected chi connectivity index (χ3v) is 4.97. The Kier molecular flexibility index (Phi) is 4.32. The highest BCUT2D eigenvalue weighted by Crippen LogP contribution is 2.28. The van der Waals surface area contributed by atoms with E-state index in [9.17, 15) is 9.90 Å². The Labute approximate surface area is 151 Å². The lowest BCUT2D eigenvalue weighted by Crippen LogP contribution is -2.24. The zero-order chi connectivity index (χ0) is 18.1. The Morgan fingerprint density at radius 1 is 1.08 bits per heavy atom. The summed E-state index contributed by atoms with van der Waals surface area (Å²) in [7, 11) is 0. The summed E-state index contributed by atoms with van der Waals surface area (Å²) in [5, 5.41) is 22.1. The van der Waals surface area contributed by atoms with Gasteiger partial charge in [-0.15, -0.1) is 15.0 Å². The smallest absolute Gasteiger partial charge is 0.227 e. The van der Waals surface area contributed by atoms with Gasteiger partial charge < -0.3 is 10.4 Å². The van der Waals surface area contributed by atoms with Gasteiger partial charge >= 0.3 is 0 Å². The monoisotopic (exact) mass is 350 g/mol. The molecule has 1 fully saturated rings. The maximum absolute atomic E-state index is 12.4. The normalized spacial score (nSPS) is 15.3.